The summed E-state index contributed by atoms with van der Waals surface area (Å²) in [5.74, 6) is 0. The van der Waals surface area contributed by atoms with Gasteiger partial charge in [0.15, 0.2) is 11.7 Å². The van der Waals surface area contributed by atoms with Gasteiger partial charge in [-0.15, -0.1) is 0 Å². The molecule has 2 atom stereocenters. The van der Waals surface area contributed by atoms with Crippen molar-refractivity contribution in [3.05, 3.63) is 12.2 Å². The third kappa shape index (κ3) is 39.7. The molecule has 0 spiro atoms. The van der Waals surface area contributed by atoms with Gasteiger partial charge in [-0.1, -0.05) is 153 Å². The third-order valence-corrected chi connectivity index (χ3v) is 11.4. The van der Waals surface area contributed by atoms with Crippen LogP contribution in [0.15, 0.2) is 12.2 Å². The van der Waals surface area contributed by atoms with Crippen LogP contribution >= 0.6 is 14.9 Å². The monoisotopic (exact) mass is 660 g/mol. The van der Waals surface area contributed by atoms with Crippen molar-refractivity contribution in [1.29, 1.82) is 0 Å². The Balaban J connectivity index is 0. The van der Waals surface area contributed by atoms with E-state index in [0.717, 1.165) is 25.4 Å². The second kappa shape index (κ2) is 35.6. The van der Waals surface area contributed by atoms with E-state index in [1.807, 2.05) is 0 Å². The van der Waals surface area contributed by atoms with Gasteiger partial charge in [-0.05, 0) is 65.2 Å². The average molecular weight is 660 g/mol. The lowest BCUT2D eigenvalue weighted by Crippen LogP contribution is -2.03. The molecular weight excluding hydrogens is 582 g/mol. The number of aliphatic hydroxyl groups is 1. The van der Waals surface area contributed by atoms with Crippen LogP contribution in [0.1, 0.15) is 194 Å². The zero-order valence-electron chi connectivity index (χ0n) is 30.3. The maximum atomic E-state index is 11.5. The largest absolute Gasteiger partial charge is 0.389 e. The number of unbranched alkanes of at least 4 members (excludes halogenated alkanes) is 23. The fourth-order valence-electron chi connectivity index (χ4n) is 5.31. The van der Waals surface area contributed by atoms with E-state index >= 15 is 0 Å². The highest BCUT2D eigenvalue weighted by Gasteiger charge is 2.18. The summed E-state index contributed by atoms with van der Waals surface area (Å²) in [6.07, 6.45) is 39.9. The lowest BCUT2D eigenvalue weighted by atomic mass is 10.1. The van der Waals surface area contributed by atoms with Gasteiger partial charge in [0.05, 0.1) is 6.10 Å². The fourth-order valence-corrected chi connectivity index (χ4v) is 7.35. The smallest absolute Gasteiger partial charge is 0.341 e. The van der Waals surface area contributed by atoms with Crippen LogP contribution in [-0.4, -0.2) is 42.4 Å². The third-order valence-electron chi connectivity index (χ3n) is 8.23. The number of rotatable bonds is 32. The molecule has 0 heterocycles. The summed E-state index contributed by atoms with van der Waals surface area (Å²) in [7, 11) is -3.65. The van der Waals surface area contributed by atoms with Crippen LogP contribution in [0, 0.1) is 0 Å². The molecule has 0 aromatic carbocycles. The van der Waals surface area contributed by atoms with Gasteiger partial charge >= 0.3 is 7.80 Å². The summed E-state index contributed by atoms with van der Waals surface area (Å²) in [6, 6.07) is 0. The van der Waals surface area contributed by atoms with Crippen molar-refractivity contribution in [2.45, 2.75) is 200 Å². The Morgan fingerprint density at radius 1 is 0.614 bits per heavy atom. The molecule has 2 unspecified atom stereocenters. The van der Waals surface area contributed by atoms with E-state index in [2.05, 4.69) is 26.0 Å². The van der Waals surface area contributed by atoms with Crippen LogP contribution in [0.25, 0.3) is 0 Å². The maximum absolute atomic E-state index is 11.5. The molecule has 0 aromatic heterocycles. The minimum atomic E-state index is -2.49. The van der Waals surface area contributed by atoms with Crippen LogP contribution < -0.4 is 0 Å². The molecule has 0 saturated heterocycles. The number of hydrogen-bond acceptors (Lipinski definition) is 4. The van der Waals surface area contributed by atoms with Gasteiger partial charge in [-0.25, -0.2) is 0 Å². The van der Waals surface area contributed by atoms with Crippen molar-refractivity contribution in [3.63, 3.8) is 0 Å². The second-order valence-corrected chi connectivity index (χ2v) is 18.5. The summed E-state index contributed by atoms with van der Waals surface area (Å²) >= 11 is 0. The normalized spacial score (nSPS) is 12.7. The molecule has 0 bridgehead atoms. The predicted molar refractivity (Wildman–Crippen MR) is 199 cm³/mol. The highest BCUT2D eigenvalue weighted by atomic mass is 31.2. The highest BCUT2D eigenvalue weighted by Crippen LogP contribution is 2.38. The summed E-state index contributed by atoms with van der Waals surface area (Å²) in [4.78, 5) is 11.5. The molecule has 0 aliphatic carbocycles. The van der Waals surface area contributed by atoms with Gasteiger partial charge in [0, 0.05) is 6.42 Å². The van der Waals surface area contributed by atoms with Crippen LogP contribution in [0.2, 0.25) is 0 Å². The fraction of sp³-hybridized carbons (Fsp3) is 0.921. The van der Waals surface area contributed by atoms with E-state index in [1.165, 1.54) is 148 Å². The Hall–Kier alpha value is -0.300. The zero-order chi connectivity index (χ0) is 33.2. The van der Waals surface area contributed by atoms with Gasteiger partial charge in [0.2, 0.25) is 0 Å². The molecule has 1 N–H and O–H groups in total. The first-order chi connectivity index (χ1) is 21.1. The lowest BCUT2D eigenvalue weighted by molar-refractivity contribution is -0.112. The minimum absolute atomic E-state index is 0.0323. The molecule has 0 amide bonds. The quantitative estimate of drug-likeness (QED) is 0.0443. The summed E-state index contributed by atoms with van der Waals surface area (Å²) in [6.45, 7) is 9.40. The standard InChI is InChI=1S/C20H39O2P.C18H38O2P/c1-4-5-6-7-8-9-10-11-12-13-14-15-16-17-18-19-20(21)23(2,3)22;1-3-4-5-6-7-8-9-10-11-12-13-14-15-16-21(20)17-18(2)19/h11-12H,4-10,13-19H2,1-3H3;18-19H,3-17H2,1-2H3/q;+1. The Labute approximate surface area is 277 Å². The van der Waals surface area contributed by atoms with E-state index in [-0.39, 0.29) is 5.52 Å². The topological polar surface area (TPSA) is 71.4 Å². The highest BCUT2D eigenvalue weighted by molar-refractivity contribution is 7.79. The SMILES string of the molecule is CCCCCCCCC=CCCCCCCCC(=O)P(C)(C)=O.CCCCCCCCCCCCCCC[P+](=O)CC(C)O. The van der Waals surface area contributed by atoms with Gasteiger partial charge in [0.1, 0.15) is 13.3 Å². The molecule has 0 fully saturated rings. The van der Waals surface area contributed by atoms with Crippen LogP contribution in [0.5, 0.6) is 0 Å². The first-order valence-electron chi connectivity index (χ1n) is 19.0. The van der Waals surface area contributed by atoms with E-state index in [0.29, 0.717) is 12.6 Å². The molecule has 0 aliphatic heterocycles. The van der Waals surface area contributed by atoms with Gasteiger partial charge in [-0.3, -0.25) is 4.79 Å². The molecule has 262 valence electrons. The van der Waals surface area contributed by atoms with Crippen molar-refractivity contribution in [2.75, 3.05) is 25.7 Å². The number of carbonyl (C=O) groups excluding carboxylic acids is 1. The molecule has 44 heavy (non-hydrogen) atoms. The summed E-state index contributed by atoms with van der Waals surface area (Å²) in [5.41, 5.74) is -0.0323. The molecular formula is C38H77O4P2+. The number of carbonyl (C=O) groups is 1. The minimum Gasteiger partial charge on any atom is -0.389 e. The van der Waals surface area contributed by atoms with Crippen molar-refractivity contribution in [2.24, 2.45) is 0 Å². The molecule has 4 nitrogen and oxygen atoms in total. The molecule has 0 aromatic rings. The van der Waals surface area contributed by atoms with Gasteiger partial charge in [-0.2, -0.15) is 0 Å². The molecule has 0 aliphatic rings. The van der Waals surface area contributed by atoms with Crippen molar-refractivity contribution in [1.82, 2.24) is 0 Å². The Kier molecular flexibility index (Phi) is 37.0. The molecule has 0 radical (unpaired) electrons. The lowest BCUT2D eigenvalue weighted by Gasteiger charge is -2.04. The predicted octanol–water partition coefficient (Wildman–Crippen LogP) is 13.5. The van der Waals surface area contributed by atoms with Crippen LogP contribution in [-0.2, 0) is 13.9 Å². The molecule has 6 heteroatoms. The number of allylic oxidation sites excluding steroid dienone is 2. The van der Waals surface area contributed by atoms with Crippen molar-refractivity contribution >= 4 is 20.5 Å². The average Bonchev–Trinajstić information content (AvgIpc) is 2.97. The summed E-state index contributed by atoms with van der Waals surface area (Å²) < 4.78 is 23.1. The van der Waals surface area contributed by atoms with Gasteiger partial charge < -0.3 is 9.67 Å². The van der Waals surface area contributed by atoms with Crippen molar-refractivity contribution in [3.8, 4) is 0 Å². The summed E-state index contributed by atoms with van der Waals surface area (Å²) in [5, 5.41) is 9.14. The second-order valence-electron chi connectivity index (χ2n) is 13.6. The Morgan fingerprint density at radius 2 is 0.955 bits per heavy atom. The first-order valence-corrected chi connectivity index (χ1v) is 23.2. The van der Waals surface area contributed by atoms with Crippen molar-refractivity contribution < 1.29 is 19.0 Å². The zero-order valence-corrected chi connectivity index (χ0v) is 32.1. The van der Waals surface area contributed by atoms with E-state index < -0.39 is 21.0 Å². The molecule has 0 saturated carbocycles. The first kappa shape index (κ1) is 45.8. The molecule has 0 rings (SSSR count). The number of aliphatic hydroxyl groups excluding tert-OH is 1. The van der Waals surface area contributed by atoms with Crippen LogP contribution in [0.3, 0.4) is 0 Å². The van der Waals surface area contributed by atoms with E-state index in [1.54, 1.807) is 20.3 Å². The van der Waals surface area contributed by atoms with Gasteiger partial charge in [0.25, 0.3) is 0 Å². The van der Waals surface area contributed by atoms with Crippen LogP contribution in [0.4, 0.5) is 0 Å². The van der Waals surface area contributed by atoms with E-state index in [9.17, 15) is 13.9 Å². The number of hydrogen-bond donors (Lipinski definition) is 1. The Bertz CT molecular complexity index is 699. The maximum Gasteiger partial charge on any atom is 0.341 e. The Morgan fingerprint density at radius 3 is 1.32 bits per heavy atom. The van der Waals surface area contributed by atoms with E-state index in [4.69, 9.17) is 5.11 Å².